The summed E-state index contributed by atoms with van der Waals surface area (Å²) in [6, 6.07) is 7.56. The van der Waals surface area contributed by atoms with Crippen molar-refractivity contribution in [1.82, 2.24) is 4.90 Å². The Morgan fingerprint density at radius 3 is 2.67 bits per heavy atom. The van der Waals surface area contributed by atoms with E-state index in [1.54, 1.807) is 6.07 Å². The molecule has 2 aliphatic rings. The summed E-state index contributed by atoms with van der Waals surface area (Å²) in [5.74, 6) is 0.0715. The molecule has 1 amide bonds. The van der Waals surface area contributed by atoms with Crippen LogP contribution in [-0.4, -0.2) is 36.6 Å². The fourth-order valence-corrected chi connectivity index (χ4v) is 4.59. The summed E-state index contributed by atoms with van der Waals surface area (Å²) in [5.41, 5.74) is 7.31. The number of hydrogen-bond donors (Lipinski definition) is 1. The maximum absolute atomic E-state index is 12.9. The third kappa shape index (κ3) is 3.27. The van der Waals surface area contributed by atoms with Crippen LogP contribution >= 0.6 is 12.4 Å². The van der Waals surface area contributed by atoms with Crippen molar-refractivity contribution in [1.29, 1.82) is 0 Å². The van der Waals surface area contributed by atoms with Gasteiger partial charge in [0, 0.05) is 36.4 Å². The highest BCUT2D eigenvalue weighted by molar-refractivity contribution is 5.95. The average molecular weight is 353 g/mol. The minimum absolute atomic E-state index is 0. The molecular weight excluding hydrogens is 324 g/mol. The van der Waals surface area contributed by atoms with Gasteiger partial charge in [0.05, 0.1) is 6.10 Å². The van der Waals surface area contributed by atoms with Crippen LogP contribution in [0, 0.1) is 5.41 Å². The van der Waals surface area contributed by atoms with Crippen molar-refractivity contribution in [2.75, 3.05) is 19.4 Å². The monoisotopic (exact) mass is 352 g/mol. The molecule has 2 atom stereocenters. The Morgan fingerprint density at radius 1 is 1.33 bits per heavy atom. The van der Waals surface area contributed by atoms with E-state index in [0.29, 0.717) is 17.4 Å². The molecule has 5 heteroatoms. The van der Waals surface area contributed by atoms with Crippen molar-refractivity contribution in [3.05, 3.63) is 29.8 Å². The molecule has 1 aromatic carbocycles. The number of benzene rings is 1. The molecule has 2 unspecified atom stereocenters. The van der Waals surface area contributed by atoms with Crippen molar-refractivity contribution in [3.63, 3.8) is 0 Å². The molecule has 24 heavy (non-hydrogen) atoms. The van der Waals surface area contributed by atoms with Crippen molar-refractivity contribution in [2.24, 2.45) is 5.41 Å². The summed E-state index contributed by atoms with van der Waals surface area (Å²) in [5, 5.41) is 0. The molecule has 4 nitrogen and oxygen atoms in total. The Morgan fingerprint density at radius 2 is 2.04 bits per heavy atom. The van der Waals surface area contributed by atoms with E-state index in [4.69, 9.17) is 10.5 Å². The second-order valence-corrected chi connectivity index (χ2v) is 7.03. The number of anilines is 1. The fourth-order valence-electron chi connectivity index (χ4n) is 4.59. The van der Waals surface area contributed by atoms with Crippen LogP contribution in [0.3, 0.4) is 0 Å². The summed E-state index contributed by atoms with van der Waals surface area (Å²) >= 11 is 0. The molecule has 0 saturated heterocycles. The molecule has 3 rings (SSSR count). The zero-order chi connectivity index (χ0) is 16.4. The van der Waals surface area contributed by atoms with E-state index in [1.807, 2.05) is 30.1 Å². The Bertz CT molecular complexity index is 572. The standard InChI is InChI=1S/C19H28N2O2.ClH/c1-3-23-17-13-16(19(17)10-5-4-6-11-19)21(2)18(22)14-8-7-9-15(20)12-14;/h7-9,12,16-17H,3-6,10-11,13,20H2,1-2H3;1H. The molecule has 0 aliphatic heterocycles. The first-order valence-electron chi connectivity index (χ1n) is 8.83. The first-order chi connectivity index (χ1) is 11.1. The van der Waals surface area contributed by atoms with Gasteiger partial charge in [-0.15, -0.1) is 12.4 Å². The number of rotatable bonds is 4. The normalized spacial score (nSPS) is 24.8. The van der Waals surface area contributed by atoms with E-state index in [9.17, 15) is 4.79 Å². The number of hydrogen-bond acceptors (Lipinski definition) is 3. The topological polar surface area (TPSA) is 55.6 Å². The van der Waals surface area contributed by atoms with Crippen LogP contribution in [0.15, 0.2) is 24.3 Å². The molecule has 2 N–H and O–H groups in total. The van der Waals surface area contributed by atoms with Crippen LogP contribution in [-0.2, 0) is 4.74 Å². The van der Waals surface area contributed by atoms with E-state index >= 15 is 0 Å². The third-order valence-corrected chi connectivity index (χ3v) is 5.82. The van der Waals surface area contributed by atoms with Gasteiger partial charge in [0.1, 0.15) is 0 Å². The van der Waals surface area contributed by atoms with Gasteiger partial charge >= 0.3 is 0 Å². The molecule has 1 spiro atoms. The first-order valence-corrected chi connectivity index (χ1v) is 8.83. The van der Waals surface area contributed by atoms with Crippen molar-refractivity contribution in [2.45, 2.75) is 57.6 Å². The summed E-state index contributed by atoms with van der Waals surface area (Å²) in [6.07, 6.45) is 7.43. The predicted molar refractivity (Wildman–Crippen MR) is 99.5 cm³/mol. The SMILES string of the molecule is CCOC1CC(N(C)C(=O)c2cccc(N)c2)C12CCCCC2.Cl. The Balaban J connectivity index is 0.00000208. The zero-order valence-electron chi connectivity index (χ0n) is 14.7. The van der Waals surface area contributed by atoms with E-state index < -0.39 is 0 Å². The number of carbonyl (C=O) groups is 1. The minimum Gasteiger partial charge on any atom is -0.399 e. The Labute approximate surface area is 151 Å². The molecule has 2 fully saturated rings. The number of amides is 1. The highest BCUT2D eigenvalue weighted by Crippen LogP contribution is 2.55. The fraction of sp³-hybridized carbons (Fsp3) is 0.632. The highest BCUT2D eigenvalue weighted by atomic mass is 35.5. The van der Waals surface area contributed by atoms with Crippen LogP contribution in [0.5, 0.6) is 0 Å². The minimum atomic E-state index is 0. The number of nitrogens with zero attached hydrogens (tertiary/aromatic N) is 1. The van der Waals surface area contributed by atoms with E-state index in [-0.39, 0.29) is 29.8 Å². The lowest BCUT2D eigenvalue weighted by molar-refractivity contribution is -0.170. The number of carbonyl (C=O) groups excluding carboxylic acids is 1. The van der Waals surface area contributed by atoms with Gasteiger partial charge in [-0.25, -0.2) is 0 Å². The average Bonchev–Trinajstić information content (AvgIpc) is 2.58. The van der Waals surface area contributed by atoms with Crippen LogP contribution in [0.2, 0.25) is 0 Å². The quantitative estimate of drug-likeness (QED) is 0.836. The smallest absolute Gasteiger partial charge is 0.253 e. The lowest BCUT2D eigenvalue weighted by Crippen LogP contribution is -2.65. The van der Waals surface area contributed by atoms with Crippen molar-refractivity contribution in [3.8, 4) is 0 Å². The van der Waals surface area contributed by atoms with Crippen LogP contribution in [0.4, 0.5) is 5.69 Å². The first kappa shape index (κ1) is 19.1. The number of ether oxygens (including phenoxy) is 1. The molecule has 1 aromatic rings. The van der Waals surface area contributed by atoms with E-state index in [0.717, 1.165) is 13.0 Å². The van der Waals surface area contributed by atoms with Gasteiger partial charge < -0.3 is 15.4 Å². The summed E-state index contributed by atoms with van der Waals surface area (Å²) in [7, 11) is 1.94. The number of nitrogens with two attached hydrogens (primary N) is 1. The second kappa shape index (κ2) is 7.75. The summed E-state index contributed by atoms with van der Waals surface area (Å²) in [4.78, 5) is 14.8. The molecule has 2 saturated carbocycles. The van der Waals surface area contributed by atoms with Gasteiger partial charge in [-0.2, -0.15) is 0 Å². The van der Waals surface area contributed by atoms with Crippen molar-refractivity contribution < 1.29 is 9.53 Å². The maximum Gasteiger partial charge on any atom is 0.253 e. The van der Waals surface area contributed by atoms with Crippen LogP contribution < -0.4 is 5.73 Å². The van der Waals surface area contributed by atoms with E-state index in [2.05, 4.69) is 6.92 Å². The molecule has 0 bridgehead atoms. The molecular formula is C19H29ClN2O2. The number of halogens is 1. The van der Waals surface area contributed by atoms with Crippen LogP contribution in [0.25, 0.3) is 0 Å². The molecule has 2 aliphatic carbocycles. The number of nitrogen functional groups attached to an aromatic ring is 1. The van der Waals surface area contributed by atoms with Gasteiger partial charge in [-0.05, 0) is 44.4 Å². The predicted octanol–water partition coefficient (Wildman–Crippen LogP) is 3.89. The van der Waals surface area contributed by atoms with E-state index in [1.165, 1.54) is 32.1 Å². The Kier molecular flexibility index (Phi) is 6.16. The Hall–Kier alpha value is -1.26. The lowest BCUT2D eigenvalue weighted by atomic mass is 9.54. The molecule has 0 radical (unpaired) electrons. The summed E-state index contributed by atoms with van der Waals surface area (Å²) < 4.78 is 6.00. The van der Waals surface area contributed by atoms with Gasteiger partial charge in [-0.3, -0.25) is 4.79 Å². The third-order valence-electron chi connectivity index (χ3n) is 5.82. The van der Waals surface area contributed by atoms with Gasteiger partial charge in [-0.1, -0.05) is 25.3 Å². The zero-order valence-corrected chi connectivity index (χ0v) is 15.5. The second-order valence-electron chi connectivity index (χ2n) is 7.03. The molecule has 134 valence electrons. The lowest BCUT2D eigenvalue weighted by Gasteiger charge is -2.60. The highest BCUT2D eigenvalue weighted by Gasteiger charge is 2.57. The maximum atomic E-state index is 12.9. The van der Waals surface area contributed by atoms with Gasteiger partial charge in [0.25, 0.3) is 5.91 Å². The van der Waals surface area contributed by atoms with Gasteiger partial charge in [0.2, 0.25) is 0 Å². The van der Waals surface area contributed by atoms with Gasteiger partial charge in [0.15, 0.2) is 0 Å². The summed E-state index contributed by atoms with van der Waals surface area (Å²) in [6.45, 7) is 2.82. The van der Waals surface area contributed by atoms with Crippen LogP contribution in [0.1, 0.15) is 55.8 Å². The largest absolute Gasteiger partial charge is 0.399 e. The molecule has 0 heterocycles. The molecule has 0 aromatic heterocycles. The van der Waals surface area contributed by atoms with Crippen molar-refractivity contribution >= 4 is 24.0 Å².